The number of rotatable bonds is 7. The molecule has 0 aliphatic carbocycles. The predicted molar refractivity (Wildman–Crippen MR) is 344 cm³/mol. The van der Waals surface area contributed by atoms with E-state index in [1.165, 1.54) is 76.8 Å². The van der Waals surface area contributed by atoms with Crippen LogP contribution in [0.15, 0.2) is 231 Å². The van der Waals surface area contributed by atoms with Crippen LogP contribution in [-0.2, 0) is 0 Å². The Morgan fingerprint density at radius 3 is 0.841 bits per heavy atom. The van der Waals surface area contributed by atoms with Gasteiger partial charge >= 0.3 is 0 Å². The third kappa shape index (κ3) is 7.20. The summed E-state index contributed by atoms with van der Waals surface area (Å²) in [5.41, 5.74) is 24.5. The van der Waals surface area contributed by atoms with E-state index in [9.17, 15) is 0 Å². The Balaban J connectivity index is 1.20. The zero-order valence-corrected chi connectivity index (χ0v) is 46.6. The third-order valence-corrected chi connectivity index (χ3v) is 17.2. The van der Waals surface area contributed by atoms with Crippen molar-refractivity contribution in [2.45, 2.75) is 41.5 Å². The van der Waals surface area contributed by atoms with Gasteiger partial charge in [0.25, 0.3) is 0 Å². The van der Waals surface area contributed by atoms with E-state index in [2.05, 4.69) is 278 Å². The molecular weight excluding hydrogens is 997 g/mol. The van der Waals surface area contributed by atoms with Crippen molar-refractivity contribution in [1.29, 1.82) is 0 Å². The summed E-state index contributed by atoms with van der Waals surface area (Å²) >= 11 is 0. The fourth-order valence-corrected chi connectivity index (χ4v) is 13.4. The molecule has 0 spiro atoms. The van der Waals surface area contributed by atoms with Gasteiger partial charge in [0.05, 0.1) is 44.1 Å². The lowest BCUT2D eigenvalue weighted by Crippen LogP contribution is -2.16. The molecule has 82 heavy (non-hydrogen) atoms. The molecule has 16 aromatic rings. The quantitative estimate of drug-likeness (QED) is 0.160. The lowest BCUT2D eigenvalue weighted by molar-refractivity contribution is 0.960. The van der Waals surface area contributed by atoms with Crippen LogP contribution in [0.1, 0.15) is 33.4 Å². The molecule has 6 heteroatoms. The topological polar surface area (TPSA) is 45.5 Å². The summed E-state index contributed by atoms with van der Waals surface area (Å²) in [7, 11) is 0. The third-order valence-electron chi connectivity index (χ3n) is 17.2. The first-order valence-electron chi connectivity index (χ1n) is 28.4. The number of hydrogen-bond donors (Lipinski definition) is 0. The molecule has 0 fully saturated rings. The normalized spacial score (nSPS) is 12.0. The molecule has 0 radical (unpaired) electrons. The summed E-state index contributed by atoms with van der Waals surface area (Å²) in [5, 5.41) is 9.41. The van der Waals surface area contributed by atoms with E-state index in [0.717, 1.165) is 100 Å². The highest BCUT2D eigenvalue weighted by atomic mass is 15.2. The van der Waals surface area contributed by atoms with E-state index < -0.39 is 0 Å². The van der Waals surface area contributed by atoms with Crippen molar-refractivity contribution in [3.8, 4) is 56.4 Å². The maximum atomic E-state index is 6.53. The molecule has 0 aliphatic heterocycles. The van der Waals surface area contributed by atoms with Gasteiger partial charge in [0, 0.05) is 61.0 Å². The highest BCUT2D eigenvalue weighted by molar-refractivity contribution is 6.17. The first kappa shape index (κ1) is 47.7. The second-order valence-electron chi connectivity index (χ2n) is 22.7. The smallest absolute Gasteiger partial charge is 0.165 e. The summed E-state index contributed by atoms with van der Waals surface area (Å²) in [6.45, 7) is 13.2. The number of fused-ring (bicyclic) bond motifs is 12. The molecule has 0 aliphatic rings. The number of aryl methyl sites for hydroxylation is 6. The van der Waals surface area contributed by atoms with Crippen molar-refractivity contribution in [3.63, 3.8) is 0 Å². The average Bonchev–Trinajstić information content (AvgIpc) is 2.78. The van der Waals surface area contributed by atoms with Gasteiger partial charge in [0.15, 0.2) is 11.6 Å². The number of hydrogen-bond acceptors (Lipinski definition) is 2. The molecule has 6 nitrogen and oxygen atoms in total. The number of pyridine rings is 2. The van der Waals surface area contributed by atoms with Crippen molar-refractivity contribution in [2.75, 3.05) is 0 Å². The standard InChI is InChI=1S/C76H56N6/c1-45-17-25-64-56(37-45)57-38-46(2)18-26-65(57)79(64)73-72(53-33-35-77-36-34-53)74(80-66-27-19-47(3)39-58(66)59-40-48(4)20-28-67(59)80)76(78-75(73)81-68-29-21-49(5)41-60(68)61-42-50(6)22-30-69(61)81)82-70-31-23-54(51-13-9-7-10-14-51)43-62(70)63-44-55(24-32-71(63)82)52-15-11-8-12-16-52/h7-44H,1-6H3. The second kappa shape index (κ2) is 18.1. The molecular formula is C76H56N6. The SMILES string of the molecule is Cc1ccc2c(c1)c1cc(C)ccc1n2-c1nc(-n2c3ccc(-c4ccccc4)cc3c3cc(-c4ccccc4)ccc32)c(-n2c3ccc(C)cc3c3cc(C)ccc32)c(-c2ccncc2)c1-n1c2ccc(C)cc2c2cc(C)ccc21. The Hall–Kier alpha value is -10.3. The van der Waals surface area contributed by atoms with Gasteiger partial charge in [0.2, 0.25) is 0 Å². The van der Waals surface area contributed by atoms with Gasteiger partial charge in [-0.1, -0.05) is 143 Å². The van der Waals surface area contributed by atoms with Crippen LogP contribution in [0.3, 0.4) is 0 Å². The number of aromatic nitrogens is 6. The minimum atomic E-state index is 0.798. The fourth-order valence-electron chi connectivity index (χ4n) is 13.4. The number of benzene rings is 10. The van der Waals surface area contributed by atoms with E-state index in [4.69, 9.17) is 9.97 Å². The molecule has 0 unspecified atom stereocenters. The van der Waals surface area contributed by atoms with Gasteiger partial charge in [-0.25, -0.2) is 4.98 Å². The molecule has 6 heterocycles. The molecule has 16 rings (SSSR count). The largest absolute Gasteiger partial charge is 0.305 e. The summed E-state index contributed by atoms with van der Waals surface area (Å²) in [4.78, 5) is 11.3. The summed E-state index contributed by atoms with van der Waals surface area (Å²) in [6.07, 6.45) is 3.89. The molecule has 0 saturated carbocycles. The molecule has 6 aromatic heterocycles. The minimum Gasteiger partial charge on any atom is -0.305 e. The zero-order chi connectivity index (χ0) is 55.1. The minimum absolute atomic E-state index is 0.798. The van der Waals surface area contributed by atoms with Crippen LogP contribution in [0.25, 0.3) is 144 Å². The molecule has 0 N–H and O–H groups in total. The van der Waals surface area contributed by atoms with Crippen LogP contribution >= 0.6 is 0 Å². The van der Waals surface area contributed by atoms with E-state index in [-0.39, 0.29) is 0 Å². The van der Waals surface area contributed by atoms with E-state index in [0.29, 0.717) is 0 Å². The Labute approximate surface area is 475 Å². The number of nitrogens with zero attached hydrogens (tertiary/aromatic N) is 6. The van der Waals surface area contributed by atoms with Gasteiger partial charge in [-0.3, -0.25) is 14.1 Å². The molecule has 10 aromatic carbocycles. The Morgan fingerprint density at radius 1 is 0.244 bits per heavy atom. The van der Waals surface area contributed by atoms with Crippen molar-refractivity contribution < 1.29 is 0 Å². The van der Waals surface area contributed by atoms with E-state index in [1.807, 2.05) is 12.4 Å². The molecule has 0 amide bonds. The maximum absolute atomic E-state index is 6.53. The van der Waals surface area contributed by atoms with Gasteiger partial charge < -0.3 is 9.13 Å². The predicted octanol–water partition coefficient (Wildman–Crippen LogP) is 19.7. The summed E-state index contributed by atoms with van der Waals surface area (Å²) in [5.74, 6) is 1.61. The van der Waals surface area contributed by atoms with Gasteiger partial charge in [-0.2, -0.15) is 0 Å². The first-order valence-corrected chi connectivity index (χ1v) is 28.4. The Kier molecular flexibility index (Phi) is 10.5. The first-order chi connectivity index (χ1) is 40.1. The zero-order valence-electron chi connectivity index (χ0n) is 46.6. The van der Waals surface area contributed by atoms with Crippen molar-refractivity contribution in [1.82, 2.24) is 28.2 Å². The van der Waals surface area contributed by atoms with Crippen LogP contribution < -0.4 is 0 Å². The average molecular weight is 1050 g/mol. The monoisotopic (exact) mass is 1050 g/mol. The molecule has 390 valence electrons. The van der Waals surface area contributed by atoms with Crippen molar-refractivity contribution >= 4 is 87.2 Å². The van der Waals surface area contributed by atoms with Crippen molar-refractivity contribution in [2.24, 2.45) is 0 Å². The van der Waals surface area contributed by atoms with Crippen LogP contribution in [-0.4, -0.2) is 28.2 Å². The van der Waals surface area contributed by atoms with Crippen LogP contribution in [0, 0.1) is 41.5 Å². The van der Waals surface area contributed by atoms with Crippen LogP contribution in [0.4, 0.5) is 0 Å². The van der Waals surface area contributed by atoms with Gasteiger partial charge in [-0.05, 0) is 179 Å². The van der Waals surface area contributed by atoms with Gasteiger partial charge in [0.1, 0.15) is 11.4 Å². The van der Waals surface area contributed by atoms with E-state index in [1.54, 1.807) is 0 Å². The highest BCUT2D eigenvalue weighted by Gasteiger charge is 2.33. The summed E-state index contributed by atoms with van der Waals surface area (Å²) in [6, 6.07) is 81.5. The summed E-state index contributed by atoms with van der Waals surface area (Å²) < 4.78 is 10.00. The maximum Gasteiger partial charge on any atom is 0.165 e. The molecule has 0 bridgehead atoms. The fraction of sp³-hybridized carbons (Fsp3) is 0.0789. The molecule has 0 saturated heterocycles. The van der Waals surface area contributed by atoms with Crippen molar-refractivity contribution in [3.05, 3.63) is 264 Å². The lowest BCUT2D eigenvalue weighted by atomic mass is 10.0. The van der Waals surface area contributed by atoms with E-state index >= 15 is 0 Å². The Bertz CT molecular complexity index is 5050. The molecule has 0 atom stereocenters. The Morgan fingerprint density at radius 2 is 0.524 bits per heavy atom. The van der Waals surface area contributed by atoms with Crippen LogP contribution in [0.2, 0.25) is 0 Å². The highest BCUT2D eigenvalue weighted by Crippen LogP contribution is 2.50. The lowest BCUT2D eigenvalue weighted by Gasteiger charge is -2.27. The second-order valence-corrected chi connectivity index (χ2v) is 22.7. The van der Waals surface area contributed by atoms with Gasteiger partial charge in [-0.15, -0.1) is 0 Å². The van der Waals surface area contributed by atoms with Crippen LogP contribution in [0.5, 0.6) is 0 Å².